The van der Waals surface area contributed by atoms with Crippen LogP contribution < -0.4 is 0 Å². The number of aromatic nitrogens is 3. The highest BCUT2D eigenvalue weighted by Gasteiger charge is 2.18. The normalized spacial score (nSPS) is 14.3. The van der Waals surface area contributed by atoms with E-state index in [2.05, 4.69) is 15.3 Å². The van der Waals surface area contributed by atoms with Gasteiger partial charge in [-0.2, -0.15) is 9.78 Å². The first-order valence-electron chi connectivity index (χ1n) is 4.83. The minimum Gasteiger partial charge on any atom is -0.507 e. The summed E-state index contributed by atoms with van der Waals surface area (Å²) in [5.41, 5.74) is 1.40. The molecule has 0 bridgehead atoms. The van der Waals surface area contributed by atoms with Gasteiger partial charge in [-0.05, 0) is 18.2 Å². The monoisotopic (exact) mass is 266 g/mol. The lowest BCUT2D eigenvalue weighted by atomic mass is 10.1. The Hall–Kier alpha value is -1.53. The molecule has 0 radical (unpaired) electrons. The summed E-state index contributed by atoms with van der Waals surface area (Å²) < 4.78 is 1.59. The number of rotatable bonds is 1. The third kappa shape index (κ3) is 1.89. The van der Waals surface area contributed by atoms with Crippen molar-refractivity contribution in [1.29, 1.82) is 0 Å². The summed E-state index contributed by atoms with van der Waals surface area (Å²) in [4.78, 5) is 0. The Balaban J connectivity index is 2.09. The molecule has 1 aromatic carbocycles. The topological polar surface area (TPSA) is 63.3 Å². The van der Waals surface area contributed by atoms with E-state index < -0.39 is 0 Å². The maximum Gasteiger partial charge on any atom is 0.212 e. The lowest BCUT2D eigenvalue weighted by molar-refractivity contribution is 0.474. The van der Waals surface area contributed by atoms with Gasteiger partial charge in [-0.1, -0.05) is 23.4 Å². The van der Waals surface area contributed by atoms with Gasteiger partial charge in [0.2, 0.25) is 5.16 Å². The van der Waals surface area contributed by atoms with Crippen LogP contribution in [0.15, 0.2) is 34.8 Å². The van der Waals surface area contributed by atoms with E-state index >= 15 is 0 Å². The zero-order valence-electron chi connectivity index (χ0n) is 8.54. The second-order valence-corrected chi connectivity index (χ2v) is 4.83. The smallest absolute Gasteiger partial charge is 0.212 e. The van der Waals surface area contributed by atoms with Crippen molar-refractivity contribution in [1.82, 2.24) is 14.9 Å². The molecule has 0 atom stereocenters. The molecule has 3 rings (SSSR count). The van der Waals surface area contributed by atoms with E-state index in [0.29, 0.717) is 16.3 Å². The first kappa shape index (κ1) is 10.6. The number of benzene rings is 1. The lowest BCUT2D eigenvalue weighted by Gasteiger charge is -2.13. The van der Waals surface area contributed by atoms with Crippen LogP contribution in [0.2, 0.25) is 5.02 Å². The Morgan fingerprint density at radius 1 is 1.41 bits per heavy atom. The number of aromatic hydroxyl groups is 1. The molecule has 0 amide bonds. The summed E-state index contributed by atoms with van der Waals surface area (Å²) >= 11 is 7.43. The van der Waals surface area contributed by atoms with Gasteiger partial charge in [-0.25, -0.2) is 0 Å². The minimum absolute atomic E-state index is 0.172. The Morgan fingerprint density at radius 2 is 2.29 bits per heavy atom. The summed E-state index contributed by atoms with van der Waals surface area (Å²) in [6, 6.07) is 4.90. The van der Waals surface area contributed by atoms with E-state index in [1.54, 1.807) is 22.9 Å². The van der Waals surface area contributed by atoms with Gasteiger partial charge in [0.15, 0.2) is 0 Å². The molecule has 1 aliphatic heterocycles. The second-order valence-electron chi connectivity index (χ2n) is 3.45. The van der Waals surface area contributed by atoms with Crippen molar-refractivity contribution in [2.45, 2.75) is 5.16 Å². The Bertz CT molecular complexity index is 610. The van der Waals surface area contributed by atoms with Crippen molar-refractivity contribution in [3.8, 4) is 5.75 Å². The zero-order chi connectivity index (χ0) is 11.8. The van der Waals surface area contributed by atoms with E-state index in [4.69, 9.17) is 11.6 Å². The maximum absolute atomic E-state index is 9.80. The van der Waals surface area contributed by atoms with Gasteiger partial charge < -0.3 is 5.11 Å². The van der Waals surface area contributed by atoms with Gasteiger partial charge >= 0.3 is 0 Å². The van der Waals surface area contributed by atoms with Crippen molar-refractivity contribution in [2.24, 2.45) is 5.10 Å². The fourth-order valence-electron chi connectivity index (χ4n) is 1.55. The highest BCUT2D eigenvalue weighted by atomic mass is 35.5. The van der Waals surface area contributed by atoms with Crippen LogP contribution in [-0.4, -0.2) is 31.4 Å². The van der Waals surface area contributed by atoms with Crippen molar-refractivity contribution in [3.05, 3.63) is 35.1 Å². The van der Waals surface area contributed by atoms with Crippen molar-refractivity contribution in [3.63, 3.8) is 0 Å². The molecule has 1 N–H and O–H groups in total. The van der Waals surface area contributed by atoms with Crippen molar-refractivity contribution in [2.75, 3.05) is 5.75 Å². The van der Waals surface area contributed by atoms with Gasteiger partial charge in [0.25, 0.3) is 0 Å². The van der Waals surface area contributed by atoms with Crippen LogP contribution in [0.1, 0.15) is 5.56 Å². The predicted octanol–water partition coefficient (Wildman–Crippen LogP) is 2.00. The highest BCUT2D eigenvalue weighted by molar-refractivity contribution is 7.99. The van der Waals surface area contributed by atoms with E-state index in [9.17, 15) is 5.11 Å². The number of fused-ring (bicyclic) bond motifs is 1. The molecule has 1 aliphatic rings. The van der Waals surface area contributed by atoms with Crippen LogP contribution in [0.25, 0.3) is 0 Å². The molecule has 0 unspecified atom stereocenters. The molecule has 0 saturated heterocycles. The molecule has 2 heterocycles. The fourth-order valence-corrected chi connectivity index (χ4v) is 2.52. The third-order valence-electron chi connectivity index (χ3n) is 2.34. The van der Waals surface area contributed by atoms with Gasteiger partial charge in [-0.3, -0.25) is 0 Å². The van der Waals surface area contributed by atoms with Gasteiger partial charge in [0.1, 0.15) is 12.1 Å². The Morgan fingerprint density at radius 3 is 3.18 bits per heavy atom. The van der Waals surface area contributed by atoms with Gasteiger partial charge in [0.05, 0.1) is 5.71 Å². The number of hydrogen-bond donors (Lipinski definition) is 1. The highest BCUT2D eigenvalue weighted by Crippen LogP contribution is 2.27. The summed E-state index contributed by atoms with van der Waals surface area (Å²) in [6.07, 6.45) is 1.53. The molecule has 0 fully saturated rings. The van der Waals surface area contributed by atoms with Crippen LogP contribution in [0.4, 0.5) is 0 Å². The van der Waals surface area contributed by atoms with Crippen molar-refractivity contribution < 1.29 is 5.11 Å². The zero-order valence-corrected chi connectivity index (χ0v) is 10.1. The quantitative estimate of drug-likeness (QED) is 0.857. The second kappa shape index (κ2) is 4.05. The number of phenolic OH excluding ortho intramolecular Hbond substituents is 1. The summed E-state index contributed by atoms with van der Waals surface area (Å²) in [6.45, 7) is 0. The van der Waals surface area contributed by atoms with E-state index in [1.807, 2.05) is 0 Å². The van der Waals surface area contributed by atoms with E-state index in [1.165, 1.54) is 18.1 Å². The molecule has 2 aromatic rings. The van der Waals surface area contributed by atoms with Crippen LogP contribution in [0.3, 0.4) is 0 Å². The Labute approximate surface area is 106 Å². The maximum atomic E-state index is 9.80. The molecule has 5 nitrogen and oxygen atoms in total. The Kier molecular flexibility index (Phi) is 2.53. The van der Waals surface area contributed by atoms with Crippen molar-refractivity contribution >= 4 is 29.1 Å². The minimum atomic E-state index is 0.172. The number of nitrogens with zero attached hydrogens (tertiary/aromatic N) is 4. The molecular weight excluding hydrogens is 260 g/mol. The van der Waals surface area contributed by atoms with Gasteiger partial charge in [0, 0.05) is 16.3 Å². The SMILES string of the molecule is Oc1ccc(Cl)cc1C1=Nn2cnnc2SC1. The molecule has 0 spiro atoms. The summed E-state index contributed by atoms with van der Waals surface area (Å²) in [5, 5.41) is 23.1. The average molecular weight is 267 g/mol. The molecule has 1 aromatic heterocycles. The number of hydrogen-bond acceptors (Lipinski definition) is 5. The number of thioether (sulfide) groups is 1. The average Bonchev–Trinajstić information content (AvgIpc) is 2.79. The predicted molar refractivity (Wildman–Crippen MR) is 65.8 cm³/mol. The first-order chi connectivity index (χ1) is 8.24. The van der Waals surface area contributed by atoms with Gasteiger partial charge in [-0.15, -0.1) is 10.2 Å². The number of phenols is 1. The number of halogens is 1. The van der Waals surface area contributed by atoms with E-state index in [-0.39, 0.29) is 5.75 Å². The van der Waals surface area contributed by atoms with Crippen LogP contribution in [-0.2, 0) is 0 Å². The first-order valence-corrected chi connectivity index (χ1v) is 6.20. The lowest BCUT2D eigenvalue weighted by Crippen LogP contribution is -2.12. The molecule has 86 valence electrons. The molecule has 0 saturated carbocycles. The molecular formula is C10H7ClN4OS. The summed E-state index contributed by atoms with van der Waals surface area (Å²) in [5.74, 6) is 0.803. The largest absolute Gasteiger partial charge is 0.507 e. The summed E-state index contributed by atoms with van der Waals surface area (Å²) in [7, 11) is 0. The van der Waals surface area contributed by atoms with Crippen LogP contribution in [0, 0.1) is 0 Å². The van der Waals surface area contributed by atoms with Crippen LogP contribution >= 0.6 is 23.4 Å². The fraction of sp³-hybridized carbons (Fsp3) is 0.100. The standard InChI is InChI=1S/C10H7ClN4OS/c11-6-1-2-9(16)7(3-6)8-4-17-10-13-12-5-15(10)14-8/h1-3,5,16H,4H2. The molecule has 17 heavy (non-hydrogen) atoms. The third-order valence-corrected chi connectivity index (χ3v) is 3.52. The molecule has 0 aliphatic carbocycles. The van der Waals surface area contributed by atoms with Crippen LogP contribution in [0.5, 0.6) is 5.75 Å². The molecule has 7 heteroatoms. The van der Waals surface area contributed by atoms with E-state index in [0.717, 1.165) is 10.9 Å².